The highest BCUT2D eigenvalue weighted by Gasteiger charge is 2.27. The fourth-order valence-corrected chi connectivity index (χ4v) is 4.36. The predicted molar refractivity (Wildman–Crippen MR) is 96.2 cm³/mol. The second kappa shape index (κ2) is 6.82. The molecule has 2 fully saturated rings. The normalized spacial score (nSPS) is 26.9. The fourth-order valence-electron chi connectivity index (χ4n) is 4.36. The summed E-state index contributed by atoms with van der Waals surface area (Å²) in [7, 11) is 0. The summed E-state index contributed by atoms with van der Waals surface area (Å²) in [5, 5.41) is 4.76. The Labute approximate surface area is 143 Å². The van der Waals surface area contributed by atoms with E-state index in [0.717, 1.165) is 38.4 Å². The summed E-state index contributed by atoms with van der Waals surface area (Å²) in [5.74, 6) is 0.617. The number of aromatic amines is 1. The van der Waals surface area contributed by atoms with Crippen LogP contribution >= 0.6 is 0 Å². The monoisotopic (exact) mass is 328 g/mol. The number of nitrogens with one attached hydrogen (secondary N) is 2. The minimum absolute atomic E-state index is 0.305. The van der Waals surface area contributed by atoms with Gasteiger partial charge in [-0.2, -0.15) is 0 Å². The molecule has 2 atom stereocenters. The molecule has 0 radical (unpaired) electrons. The molecule has 5 heteroatoms. The van der Waals surface area contributed by atoms with Crippen LogP contribution in [0.2, 0.25) is 0 Å². The van der Waals surface area contributed by atoms with Crippen molar-refractivity contribution < 1.29 is 4.74 Å². The van der Waals surface area contributed by atoms with E-state index in [1.807, 2.05) is 6.20 Å². The lowest BCUT2D eigenvalue weighted by Crippen LogP contribution is -2.45. The highest BCUT2D eigenvalue weighted by atomic mass is 16.5. The van der Waals surface area contributed by atoms with Crippen LogP contribution in [-0.2, 0) is 11.3 Å². The smallest absolute Gasteiger partial charge is 0.137 e. The van der Waals surface area contributed by atoms with Crippen LogP contribution in [0.15, 0.2) is 18.3 Å². The molecule has 130 valence electrons. The third kappa shape index (κ3) is 3.21. The number of hydrogen-bond donors (Lipinski definition) is 2. The van der Waals surface area contributed by atoms with Gasteiger partial charge in [0.1, 0.15) is 5.65 Å². The molecule has 2 aromatic rings. The van der Waals surface area contributed by atoms with Gasteiger partial charge in [-0.15, -0.1) is 0 Å². The predicted octanol–water partition coefficient (Wildman–Crippen LogP) is 2.64. The van der Waals surface area contributed by atoms with Crippen molar-refractivity contribution in [3.63, 3.8) is 0 Å². The van der Waals surface area contributed by atoms with Gasteiger partial charge in [-0.1, -0.05) is 0 Å². The van der Waals surface area contributed by atoms with E-state index in [9.17, 15) is 0 Å². The molecular weight excluding hydrogens is 300 g/mol. The van der Waals surface area contributed by atoms with Crippen LogP contribution in [0.4, 0.5) is 0 Å². The number of fused-ring (bicyclic) bond motifs is 1. The third-order valence-electron chi connectivity index (χ3n) is 5.34. The van der Waals surface area contributed by atoms with Gasteiger partial charge in [0.2, 0.25) is 0 Å². The number of aromatic nitrogens is 2. The molecule has 0 aromatic carbocycles. The van der Waals surface area contributed by atoms with Gasteiger partial charge in [-0.3, -0.25) is 4.90 Å². The van der Waals surface area contributed by atoms with Crippen molar-refractivity contribution in [3.05, 3.63) is 29.6 Å². The van der Waals surface area contributed by atoms with E-state index in [1.165, 1.54) is 29.5 Å². The van der Waals surface area contributed by atoms with Crippen LogP contribution in [0.25, 0.3) is 11.0 Å². The zero-order chi connectivity index (χ0) is 16.5. The second-order valence-corrected chi connectivity index (χ2v) is 7.39. The van der Waals surface area contributed by atoms with Gasteiger partial charge in [0.05, 0.1) is 12.2 Å². The maximum atomic E-state index is 5.90. The highest BCUT2D eigenvalue weighted by molar-refractivity contribution is 5.81. The Morgan fingerprint density at radius 2 is 1.96 bits per heavy atom. The Hall–Kier alpha value is -1.43. The molecule has 4 rings (SSSR count). The van der Waals surface area contributed by atoms with Crippen LogP contribution in [0.1, 0.15) is 43.9 Å². The maximum Gasteiger partial charge on any atom is 0.137 e. The van der Waals surface area contributed by atoms with E-state index in [4.69, 9.17) is 4.74 Å². The van der Waals surface area contributed by atoms with E-state index in [0.29, 0.717) is 18.1 Å². The molecular formula is C19H28N4O. The number of H-pyrrole nitrogens is 1. The summed E-state index contributed by atoms with van der Waals surface area (Å²) in [4.78, 5) is 10.8. The SMILES string of the molecule is C[C@@H]1CN(Cc2c(C3CCNCC3)[nH]c3ncccc23)C[C@H](C)O1. The average Bonchev–Trinajstić information content (AvgIpc) is 2.94. The van der Waals surface area contributed by atoms with Crippen LogP contribution in [-0.4, -0.2) is 53.3 Å². The first-order valence-electron chi connectivity index (χ1n) is 9.24. The molecule has 0 saturated carbocycles. The van der Waals surface area contributed by atoms with E-state index in [2.05, 4.69) is 46.2 Å². The van der Waals surface area contributed by atoms with Gasteiger partial charge in [0.25, 0.3) is 0 Å². The quantitative estimate of drug-likeness (QED) is 0.909. The number of piperidine rings is 1. The first-order valence-corrected chi connectivity index (χ1v) is 9.24. The minimum Gasteiger partial charge on any atom is -0.373 e. The molecule has 5 nitrogen and oxygen atoms in total. The van der Waals surface area contributed by atoms with Crippen molar-refractivity contribution in [3.8, 4) is 0 Å². The molecule has 0 amide bonds. The Morgan fingerprint density at radius 1 is 1.21 bits per heavy atom. The molecule has 0 spiro atoms. The first-order chi connectivity index (χ1) is 11.7. The summed E-state index contributed by atoms with van der Waals surface area (Å²) < 4.78 is 5.90. The Bertz CT molecular complexity index is 682. The van der Waals surface area contributed by atoms with Gasteiger partial charge in [0, 0.05) is 42.8 Å². The third-order valence-corrected chi connectivity index (χ3v) is 5.34. The lowest BCUT2D eigenvalue weighted by atomic mass is 9.91. The van der Waals surface area contributed by atoms with Crippen LogP contribution in [0.5, 0.6) is 0 Å². The maximum absolute atomic E-state index is 5.90. The molecule has 24 heavy (non-hydrogen) atoms. The van der Waals surface area contributed by atoms with Crippen LogP contribution in [0, 0.1) is 0 Å². The number of hydrogen-bond acceptors (Lipinski definition) is 4. The number of ether oxygens (including phenoxy) is 1. The number of morpholine rings is 1. The summed E-state index contributed by atoms with van der Waals surface area (Å²) in [6, 6.07) is 4.27. The number of rotatable bonds is 3. The van der Waals surface area contributed by atoms with Crippen LogP contribution < -0.4 is 5.32 Å². The lowest BCUT2D eigenvalue weighted by molar-refractivity contribution is -0.0704. The Balaban J connectivity index is 1.67. The van der Waals surface area contributed by atoms with Gasteiger partial charge in [-0.05, 0) is 57.5 Å². The number of nitrogens with zero attached hydrogens (tertiary/aromatic N) is 2. The number of pyridine rings is 1. The summed E-state index contributed by atoms with van der Waals surface area (Å²) in [5.41, 5.74) is 3.90. The van der Waals surface area contributed by atoms with E-state index >= 15 is 0 Å². The zero-order valence-corrected chi connectivity index (χ0v) is 14.7. The van der Waals surface area contributed by atoms with Crippen LogP contribution in [0.3, 0.4) is 0 Å². The molecule has 0 aliphatic carbocycles. The second-order valence-electron chi connectivity index (χ2n) is 7.39. The summed E-state index contributed by atoms with van der Waals surface area (Å²) in [6.45, 7) is 9.56. The van der Waals surface area contributed by atoms with Crippen molar-refractivity contribution in [1.82, 2.24) is 20.2 Å². The van der Waals surface area contributed by atoms with Crippen molar-refractivity contribution in [2.24, 2.45) is 0 Å². The van der Waals surface area contributed by atoms with Gasteiger partial charge in [-0.25, -0.2) is 4.98 Å². The summed E-state index contributed by atoms with van der Waals surface area (Å²) >= 11 is 0. The van der Waals surface area contributed by atoms with Crippen molar-refractivity contribution in [1.29, 1.82) is 0 Å². The Kier molecular flexibility index (Phi) is 4.57. The molecule has 2 aliphatic rings. The highest BCUT2D eigenvalue weighted by Crippen LogP contribution is 2.33. The lowest BCUT2D eigenvalue weighted by Gasteiger charge is -2.35. The van der Waals surface area contributed by atoms with E-state index in [1.54, 1.807) is 0 Å². The average molecular weight is 328 g/mol. The molecule has 0 unspecified atom stereocenters. The summed E-state index contributed by atoms with van der Waals surface area (Å²) in [6.07, 6.45) is 4.90. The first kappa shape index (κ1) is 16.1. The van der Waals surface area contributed by atoms with Crippen molar-refractivity contribution >= 4 is 11.0 Å². The van der Waals surface area contributed by atoms with Gasteiger partial charge >= 0.3 is 0 Å². The molecule has 2 saturated heterocycles. The molecule has 2 N–H and O–H groups in total. The topological polar surface area (TPSA) is 53.2 Å². The van der Waals surface area contributed by atoms with Crippen molar-refractivity contribution in [2.75, 3.05) is 26.2 Å². The van der Waals surface area contributed by atoms with Gasteiger partial charge in [0.15, 0.2) is 0 Å². The van der Waals surface area contributed by atoms with E-state index in [-0.39, 0.29) is 0 Å². The zero-order valence-electron chi connectivity index (χ0n) is 14.7. The fraction of sp³-hybridized carbons (Fsp3) is 0.632. The molecule has 2 aromatic heterocycles. The molecule has 0 bridgehead atoms. The standard InChI is InChI=1S/C19H28N4O/c1-13-10-23(11-14(2)24-13)12-17-16-4-3-7-21-19(16)22-18(17)15-5-8-20-9-6-15/h3-4,7,13-15,20H,5-6,8-12H2,1-2H3,(H,21,22)/t13-,14+. The minimum atomic E-state index is 0.305. The molecule has 2 aliphatic heterocycles. The van der Waals surface area contributed by atoms with Crippen molar-refractivity contribution in [2.45, 2.75) is 51.4 Å². The van der Waals surface area contributed by atoms with E-state index < -0.39 is 0 Å². The van der Waals surface area contributed by atoms with Gasteiger partial charge < -0.3 is 15.0 Å². The largest absolute Gasteiger partial charge is 0.373 e. The Morgan fingerprint density at radius 3 is 2.71 bits per heavy atom. The molecule has 4 heterocycles.